The van der Waals surface area contributed by atoms with Crippen molar-refractivity contribution in [3.05, 3.63) is 0 Å². The van der Waals surface area contributed by atoms with Crippen molar-refractivity contribution in [2.45, 2.75) is 129 Å². The summed E-state index contributed by atoms with van der Waals surface area (Å²) in [5, 5.41) is 18.8. The Balaban J connectivity index is 0. The molecule has 0 aromatic heterocycles. The van der Waals surface area contributed by atoms with Crippen molar-refractivity contribution in [3.8, 4) is 0 Å². The van der Waals surface area contributed by atoms with E-state index in [9.17, 15) is 18.6 Å². The van der Waals surface area contributed by atoms with Gasteiger partial charge in [0, 0.05) is 19.6 Å². The first-order chi connectivity index (χ1) is 14.8. The maximum atomic E-state index is 11.8. The highest BCUT2D eigenvalue weighted by atomic mass is 32.3. The van der Waals surface area contributed by atoms with Crippen LogP contribution in [0.3, 0.4) is 0 Å². The van der Waals surface area contributed by atoms with E-state index >= 15 is 0 Å². The Morgan fingerprint density at radius 1 is 0.750 bits per heavy atom. The average molecular weight is 484 g/mol. The lowest BCUT2D eigenvalue weighted by atomic mass is 9.80. The molecule has 0 aromatic rings. The highest BCUT2D eigenvalue weighted by Gasteiger charge is 2.38. The molecule has 0 fully saturated rings. The van der Waals surface area contributed by atoms with Crippen molar-refractivity contribution in [1.29, 1.82) is 0 Å². The molecule has 0 saturated carbocycles. The average Bonchev–Trinajstić information content (AvgIpc) is 2.73. The molecule has 32 heavy (non-hydrogen) atoms. The van der Waals surface area contributed by atoms with Crippen LogP contribution in [0.2, 0.25) is 0 Å². The second kappa shape index (κ2) is 21.3. The Bertz CT molecular complexity index is 503. The highest BCUT2D eigenvalue weighted by Crippen LogP contribution is 2.34. The summed E-state index contributed by atoms with van der Waals surface area (Å²) in [6.45, 7) is 3.72. The molecule has 0 radical (unpaired) electrons. The minimum atomic E-state index is -4.11. The first-order valence-corrected chi connectivity index (χ1v) is 13.9. The van der Waals surface area contributed by atoms with Crippen LogP contribution in [0.4, 0.5) is 0 Å². The fraction of sp³-hybridized carbons (Fsp3) is 1.00. The fourth-order valence-corrected chi connectivity index (χ4v) is 5.05. The van der Waals surface area contributed by atoms with Gasteiger partial charge in [-0.05, 0) is 25.7 Å². The van der Waals surface area contributed by atoms with Gasteiger partial charge in [0.1, 0.15) is 0 Å². The molecule has 196 valence electrons. The third kappa shape index (κ3) is 17.3. The predicted molar refractivity (Wildman–Crippen MR) is 132 cm³/mol. The molecule has 0 rings (SSSR count). The Morgan fingerprint density at radius 3 is 1.56 bits per heavy atom. The van der Waals surface area contributed by atoms with Gasteiger partial charge in [0.2, 0.25) is 0 Å². The molecule has 0 bridgehead atoms. The zero-order valence-electron chi connectivity index (χ0n) is 21.2. The van der Waals surface area contributed by atoms with Crippen LogP contribution in [0, 0.1) is 5.92 Å². The minimum absolute atomic E-state index is 0. The van der Waals surface area contributed by atoms with Crippen LogP contribution in [0.1, 0.15) is 123 Å². The standard InChI is InChI=1S/C24H50O6S.H3N/c1-4-5-6-7-8-9-10-11-12-13-14-15-16-17-18-23(19-21-25)24(2,20-22-26)30-31(27,28)29-3;/h23,25-26H,4-22H2,1-3H3;1H3. The molecule has 0 saturated heterocycles. The van der Waals surface area contributed by atoms with E-state index in [0.717, 1.165) is 26.4 Å². The molecule has 2 atom stereocenters. The van der Waals surface area contributed by atoms with Gasteiger partial charge in [-0.1, -0.05) is 96.8 Å². The molecule has 0 aliphatic carbocycles. The van der Waals surface area contributed by atoms with E-state index in [1.165, 1.54) is 77.0 Å². The summed E-state index contributed by atoms with van der Waals surface area (Å²) in [7, 11) is -3.06. The molecular weight excluding hydrogens is 430 g/mol. The van der Waals surface area contributed by atoms with Gasteiger partial charge in [-0.25, -0.2) is 4.18 Å². The van der Waals surface area contributed by atoms with Gasteiger partial charge in [0.05, 0.1) is 12.7 Å². The van der Waals surface area contributed by atoms with E-state index < -0.39 is 16.0 Å². The topological polar surface area (TPSA) is 128 Å². The van der Waals surface area contributed by atoms with Crippen LogP contribution < -0.4 is 6.15 Å². The highest BCUT2D eigenvalue weighted by molar-refractivity contribution is 7.81. The molecular formula is C24H53NO6S. The van der Waals surface area contributed by atoms with Crippen molar-refractivity contribution in [2.75, 3.05) is 20.3 Å². The fourth-order valence-electron chi connectivity index (χ4n) is 4.30. The number of hydrogen-bond acceptors (Lipinski definition) is 7. The van der Waals surface area contributed by atoms with Crippen LogP contribution >= 0.6 is 0 Å². The molecule has 0 aromatic carbocycles. The zero-order valence-corrected chi connectivity index (χ0v) is 22.0. The van der Waals surface area contributed by atoms with E-state index in [4.69, 9.17) is 4.18 Å². The molecule has 8 heteroatoms. The van der Waals surface area contributed by atoms with Gasteiger partial charge < -0.3 is 16.4 Å². The molecule has 0 heterocycles. The van der Waals surface area contributed by atoms with Gasteiger partial charge in [0.15, 0.2) is 0 Å². The Morgan fingerprint density at radius 2 is 1.19 bits per heavy atom. The summed E-state index contributed by atoms with van der Waals surface area (Å²) in [6, 6.07) is 0. The Kier molecular flexibility index (Phi) is 22.6. The number of unbranched alkanes of at least 4 members (excludes halogenated alkanes) is 13. The van der Waals surface area contributed by atoms with E-state index in [2.05, 4.69) is 11.1 Å². The van der Waals surface area contributed by atoms with Crippen molar-refractivity contribution >= 4 is 10.4 Å². The van der Waals surface area contributed by atoms with Gasteiger partial charge in [-0.15, -0.1) is 0 Å². The second-order valence-corrected chi connectivity index (χ2v) is 10.4. The van der Waals surface area contributed by atoms with E-state index in [1.54, 1.807) is 6.92 Å². The SMILES string of the molecule is CCCCCCCCCCCCCCCCC(CCO)C(C)(CCO)OS(=O)(=O)OC.N. The van der Waals surface area contributed by atoms with E-state index in [1.807, 2.05) is 0 Å². The summed E-state index contributed by atoms with van der Waals surface area (Å²) in [6.07, 6.45) is 19.4. The first kappa shape index (κ1) is 33.9. The summed E-state index contributed by atoms with van der Waals surface area (Å²) in [5.74, 6) is -0.160. The van der Waals surface area contributed by atoms with Gasteiger partial charge in [-0.3, -0.25) is 4.18 Å². The number of aliphatic hydroxyl groups is 2. The second-order valence-electron chi connectivity index (χ2n) is 9.04. The molecule has 0 spiro atoms. The normalized spacial score (nSPS) is 14.7. The van der Waals surface area contributed by atoms with Crippen molar-refractivity contribution < 1.29 is 27.0 Å². The maximum absolute atomic E-state index is 11.8. The Hall–Kier alpha value is -0.250. The summed E-state index contributed by atoms with van der Waals surface area (Å²) < 4.78 is 33.3. The summed E-state index contributed by atoms with van der Waals surface area (Å²) in [4.78, 5) is 0. The van der Waals surface area contributed by atoms with Crippen LogP contribution in [-0.4, -0.2) is 44.6 Å². The summed E-state index contributed by atoms with van der Waals surface area (Å²) in [5.41, 5.74) is -1.08. The van der Waals surface area contributed by atoms with Gasteiger partial charge in [0.25, 0.3) is 0 Å². The molecule has 5 N–H and O–H groups in total. The number of aliphatic hydroxyl groups excluding tert-OH is 2. The minimum Gasteiger partial charge on any atom is -0.396 e. The smallest absolute Gasteiger partial charge is 0.396 e. The molecule has 0 aliphatic rings. The number of hydrogen-bond donors (Lipinski definition) is 3. The van der Waals surface area contributed by atoms with E-state index in [-0.39, 0.29) is 31.7 Å². The van der Waals surface area contributed by atoms with Crippen LogP contribution in [0.15, 0.2) is 0 Å². The van der Waals surface area contributed by atoms with Gasteiger partial charge >= 0.3 is 10.4 Å². The lowest BCUT2D eigenvalue weighted by Crippen LogP contribution is -2.41. The number of rotatable bonds is 23. The van der Waals surface area contributed by atoms with Crippen LogP contribution in [0.5, 0.6) is 0 Å². The Labute approximate surface area is 198 Å². The lowest BCUT2D eigenvalue weighted by molar-refractivity contribution is -0.0154. The zero-order chi connectivity index (χ0) is 23.4. The first-order valence-electron chi connectivity index (χ1n) is 12.6. The van der Waals surface area contributed by atoms with Crippen molar-refractivity contribution in [3.63, 3.8) is 0 Å². The maximum Gasteiger partial charge on any atom is 0.400 e. The third-order valence-electron chi connectivity index (χ3n) is 6.35. The largest absolute Gasteiger partial charge is 0.400 e. The molecule has 0 amide bonds. The van der Waals surface area contributed by atoms with Crippen LogP contribution in [0.25, 0.3) is 0 Å². The van der Waals surface area contributed by atoms with Crippen molar-refractivity contribution in [1.82, 2.24) is 6.15 Å². The molecule has 0 aliphatic heterocycles. The predicted octanol–water partition coefficient (Wildman–Crippen LogP) is 6.07. The monoisotopic (exact) mass is 483 g/mol. The van der Waals surface area contributed by atoms with Gasteiger partial charge in [-0.2, -0.15) is 8.42 Å². The van der Waals surface area contributed by atoms with Crippen LogP contribution in [-0.2, 0) is 18.8 Å². The molecule has 7 nitrogen and oxygen atoms in total. The lowest BCUT2D eigenvalue weighted by Gasteiger charge is -2.36. The van der Waals surface area contributed by atoms with E-state index in [0.29, 0.717) is 6.42 Å². The third-order valence-corrected chi connectivity index (χ3v) is 7.35. The quantitative estimate of drug-likeness (QED) is 0.150. The summed E-state index contributed by atoms with van der Waals surface area (Å²) >= 11 is 0. The molecule has 2 unspecified atom stereocenters. The van der Waals surface area contributed by atoms with Crippen molar-refractivity contribution in [2.24, 2.45) is 5.92 Å².